The van der Waals surface area contributed by atoms with Gasteiger partial charge in [-0.05, 0) is 39.2 Å². The lowest BCUT2D eigenvalue weighted by atomic mass is 9.92. The van der Waals surface area contributed by atoms with Crippen molar-refractivity contribution in [2.75, 3.05) is 11.9 Å². The molecule has 0 amide bonds. The highest BCUT2D eigenvalue weighted by Crippen LogP contribution is 2.25. The monoisotopic (exact) mass is 247 g/mol. The van der Waals surface area contributed by atoms with Crippen LogP contribution in [0.25, 0.3) is 0 Å². The molecule has 2 unspecified atom stereocenters. The van der Waals surface area contributed by atoms with Crippen LogP contribution in [0.2, 0.25) is 0 Å². The van der Waals surface area contributed by atoms with Gasteiger partial charge in [-0.15, -0.1) is 0 Å². The number of hydrogen-bond donors (Lipinski definition) is 0. The van der Waals surface area contributed by atoms with Crippen molar-refractivity contribution in [1.82, 2.24) is 4.90 Å². The molecule has 1 aliphatic heterocycles. The zero-order chi connectivity index (χ0) is 9.84. The van der Waals surface area contributed by atoms with E-state index in [1.165, 1.54) is 25.8 Å². The van der Waals surface area contributed by atoms with Gasteiger partial charge in [0.2, 0.25) is 0 Å². The van der Waals surface area contributed by atoms with Crippen LogP contribution in [0.4, 0.5) is 0 Å². The Morgan fingerprint density at radius 1 is 1.31 bits per heavy atom. The molecule has 0 aromatic carbocycles. The number of hydrogen-bond acceptors (Lipinski definition) is 1. The summed E-state index contributed by atoms with van der Waals surface area (Å²) in [5.41, 5.74) is 0. The predicted molar refractivity (Wildman–Crippen MR) is 62.4 cm³/mol. The Bertz CT molecular complexity index is 147. The number of nitrogens with zero attached hydrogens (tertiary/aromatic N) is 1. The summed E-state index contributed by atoms with van der Waals surface area (Å²) in [6.07, 6.45) is 4.21. The number of alkyl halides is 1. The molecule has 0 spiro atoms. The van der Waals surface area contributed by atoms with Crippen molar-refractivity contribution in [3.8, 4) is 0 Å². The van der Waals surface area contributed by atoms with Gasteiger partial charge < -0.3 is 0 Å². The van der Waals surface area contributed by atoms with Crippen LogP contribution < -0.4 is 0 Å². The average Bonchev–Trinajstić information content (AvgIpc) is 2.16. The number of likely N-dealkylation sites (tertiary alicyclic amines) is 1. The van der Waals surface area contributed by atoms with E-state index in [4.69, 9.17) is 0 Å². The summed E-state index contributed by atoms with van der Waals surface area (Å²) >= 11 is 3.60. The zero-order valence-electron chi connectivity index (χ0n) is 9.09. The molecule has 0 aromatic heterocycles. The molecule has 0 aliphatic carbocycles. The second-order valence-electron chi connectivity index (χ2n) is 4.53. The zero-order valence-corrected chi connectivity index (χ0v) is 10.7. The first-order valence-corrected chi connectivity index (χ1v) is 6.60. The molecular formula is C11H22BrN. The van der Waals surface area contributed by atoms with E-state index >= 15 is 0 Å². The maximum atomic E-state index is 3.60. The molecular weight excluding hydrogens is 226 g/mol. The summed E-state index contributed by atoms with van der Waals surface area (Å²) in [5.74, 6) is 0.794. The van der Waals surface area contributed by atoms with E-state index in [9.17, 15) is 0 Å². The van der Waals surface area contributed by atoms with Crippen LogP contribution in [-0.2, 0) is 0 Å². The predicted octanol–water partition coefficient (Wildman–Crippen LogP) is 3.28. The van der Waals surface area contributed by atoms with Crippen molar-refractivity contribution in [2.45, 2.75) is 52.1 Å². The van der Waals surface area contributed by atoms with Crippen LogP contribution >= 0.6 is 15.9 Å². The minimum Gasteiger partial charge on any atom is -0.298 e. The van der Waals surface area contributed by atoms with Gasteiger partial charge in [0.25, 0.3) is 0 Å². The summed E-state index contributed by atoms with van der Waals surface area (Å²) in [6, 6.07) is 1.53. The van der Waals surface area contributed by atoms with Gasteiger partial charge in [0, 0.05) is 17.4 Å². The molecule has 0 N–H and O–H groups in total. The third-order valence-electron chi connectivity index (χ3n) is 3.16. The van der Waals surface area contributed by atoms with E-state index in [0.29, 0.717) is 6.04 Å². The van der Waals surface area contributed by atoms with E-state index in [-0.39, 0.29) is 0 Å². The molecule has 2 atom stereocenters. The van der Waals surface area contributed by atoms with E-state index in [1.54, 1.807) is 0 Å². The van der Waals surface area contributed by atoms with E-state index in [1.807, 2.05) is 0 Å². The van der Waals surface area contributed by atoms with Gasteiger partial charge in [0.1, 0.15) is 0 Å². The Morgan fingerprint density at radius 2 is 2.00 bits per heavy atom. The van der Waals surface area contributed by atoms with Crippen LogP contribution in [-0.4, -0.2) is 28.9 Å². The largest absolute Gasteiger partial charge is 0.298 e. The first-order valence-electron chi connectivity index (χ1n) is 5.48. The van der Waals surface area contributed by atoms with Crippen LogP contribution in [0, 0.1) is 5.92 Å². The molecule has 0 saturated carbocycles. The molecule has 1 saturated heterocycles. The lowest BCUT2D eigenvalue weighted by molar-refractivity contribution is 0.0824. The fourth-order valence-corrected chi connectivity index (χ4v) is 2.77. The van der Waals surface area contributed by atoms with Crippen LogP contribution in [0.1, 0.15) is 40.0 Å². The molecule has 1 rings (SSSR count). The first-order chi connectivity index (χ1) is 6.16. The maximum Gasteiger partial charge on any atom is 0.0132 e. The minimum atomic E-state index is 0.715. The van der Waals surface area contributed by atoms with Gasteiger partial charge in [0.05, 0.1) is 0 Å². The Labute approximate surface area is 91.0 Å². The SMILES string of the molecule is CC(CBr)C1CCCCN1C(C)C. The van der Waals surface area contributed by atoms with Gasteiger partial charge >= 0.3 is 0 Å². The van der Waals surface area contributed by atoms with E-state index in [2.05, 4.69) is 41.6 Å². The number of rotatable bonds is 3. The third kappa shape index (κ3) is 2.95. The summed E-state index contributed by atoms with van der Waals surface area (Å²) in [4.78, 5) is 2.68. The molecule has 1 nitrogen and oxygen atoms in total. The summed E-state index contributed by atoms with van der Waals surface area (Å²) in [7, 11) is 0. The van der Waals surface area contributed by atoms with Crippen molar-refractivity contribution in [2.24, 2.45) is 5.92 Å². The lowest BCUT2D eigenvalue weighted by Crippen LogP contribution is -2.47. The highest BCUT2D eigenvalue weighted by atomic mass is 79.9. The van der Waals surface area contributed by atoms with E-state index < -0.39 is 0 Å². The second-order valence-corrected chi connectivity index (χ2v) is 5.17. The number of halogens is 1. The number of piperidine rings is 1. The summed E-state index contributed by atoms with van der Waals surface area (Å²) in [6.45, 7) is 8.30. The molecule has 0 bridgehead atoms. The van der Waals surface area contributed by atoms with Gasteiger partial charge in [-0.1, -0.05) is 29.3 Å². The highest BCUT2D eigenvalue weighted by Gasteiger charge is 2.27. The standard InChI is InChI=1S/C11H22BrN/c1-9(2)13-7-5-4-6-11(13)10(3)8-12/h9-11H,4-8H2,1-3H3. The fraction of sp³-hybridized carbons (Fsp3) is 1.00. The molecule has 1 heterocycles. The molecule has 2 heteroatoms. The topological polar surface area (TPSA) is 3.24 Å². The summed E-state index contributed by atoms with van der Waals surface area (Å²) < 4.78 is 0. The van der Waals surface area contributed by atoms with Crippen LogP contribution in [0.5, 0.6) is 0 Å². The van der Waals surface area contributed by atoms with Crippen LogP contribution in [0.15, 0.2) is 0 Å². The molecule has 1 aliphatic rings. The molecule has 0 radical (unpaired) electrons. The Kier molecular flexibility index (Phi) is 4.74. The Balaban J connectivity index is 2.56. The quantitative estimate of drug-likeness (QED) is 0.693. The first kappa shape index (κ1) is 11.5. The molecule has 78 valence electrons. The van der Waals surface area contributed by atoms with Crippen molar-refractivity contribution < 1.29 is 0 Å². The van der Waals surface area contributed by atoms with Crippen molar-refractivity contribution in [1.29, 1.82) is 0 Å². The lowest BCUT2D eigenvalue weighted by Gasteiger charge is -2.41. The smallest absolute Gasteiger partial charge is 0.0132 e. The fourth-order valence-electron chi connectivity index (χ4n) is 2.33. The minimum absolute atomic E-state index is 0.715. The Morgan fingerprint density at radius 3 is 2.54 bits per heavy atom. The summed E-state index contributed by atoms with van der Waals surface area (Å²) in [5, 5.41) is 1.14. The normalized spacial score (nSPS) is 27.9. The van der Waals surface area contributed by atoms with Crippen molar-refractivity contribution in [3.05, 3.63) is 0 Å². The maximum absolute atomic E-state index is 3.60. The molecule has 1 fully saturated rings. The second kappa shape index (κ2) is 5.35. The van der Waals surface area contributed by atoms with Crippen LogP contribution in [0.3, 0.4) is 0 Å². The van der Waals surface area contributed by atoms with E-state index in [0.717, 1.165) is 17.3 Å². The third-order valence-corrected chi connectivity index (χ3v) is 4.18. The van der Waals surface area contributed by atoms with Gasteiger partial charge in [0.15, 0.2) is 0 Å². The average molecular weight is 248 g/mol. The highest BCUT2D eigenvalue weighted by molar-refractivity contribution is 9.09. The van der Waals surface area contributed by atoms with Crippen molar-refractivity contribution in [3.63, 3.8) is 0 Å². The van der Waals surface area contributed by atoms with Gasteiger partial charge in [-0.3, -0.25) is 4.90 Å². The molecule has 13 heavy (non-hydrogen) atoms. The van der Waals surface area contributed by atoms with Gasteiger partial charge in [-0.25, -0.2) is 0 Å². The Hall–Kier alpha value is 0.440. The van der Waals surface area contributed by atoms with Gasteiger partial charge in [-0.2, -0.15) is 0 Å². The van der Waals surface area contributed by atoms with Crippen molar-refractivity contribution >= 4 is 15.9 Å². The molecule has 0 aromatic rings.